The number of halogens is 1. The van der Waals surface area contributed by atoms with Gasteiger partial charge in [-0.05, 0) is 31.9 Å². The van der Waals surface area contributed by atoms with Crippen molar-refractivity contribution in [2.75, 3.05) is 11.9 Å². The third kappa shape index (κ3) is 2.89. The molecule has 100 valence electrons. The summed E-state index contributed by atoms with van der Waals surface area (Å²) in [4.78, 5) is 8.50. The molecule has 0 unspecified atom stereocenters. The third-order valence-electron chi connectivity index (χ3n) is 3.07. The number of anilines is 1. The Labute approximate surface area is 112 Å². The van der Waals surface area contributed by atoms with Crippen molar-refractivity contribution in [3.8, 4) is 11.3 Å². The van der Waals surface area contributed by atoms with Crippen LogP contribution in [0, 0.1) is 19.7 Å². The fraction of sp³-hybridized carbons (Fsp3) is 0.333. The number of benzene rings is 1. The molecule has 3 nitrogen and oxygen atoms in total. The summed E-state index contributed by atoms with van der Waals surface area (Å²) < 4.78 is 13.6. The van der Waals surface area contributed by atoms with Crippen LogP contribution in [0.25, 0.3) is 11.3 Å². The summed E-state index contributed by atoms with van der Waals surface area (Å²) in [5, 5.41) is 3.25. The average Bonchev–Trinajstić information content (AvgIpc) is 2.41. The highest BCUT2D eigenvalue weighted by Gasteiger charge is 2.10. The van der Waals surface area contributed by atoms with E-state index in [4.69, 9.17) is 0 Å². The van der Waals surface area contributed by atoms with E-state index < -0.39 is 0 Å². The Morgan fingerprint density at radius 2 is 2.00 bits per heavy atom. The summed E-state index contributed by atoms with van der Waals surface area (Å²) in [6, 6.07) is 5.18. The minimum absolute atomic E-state index is 0.210. The van der Waals surface area contributed by atoms with E-state index in [-0.39, 0.29) is 5.82 Å². The summed E-state index contributed by atoms with van der Waals surface area (Å²) in [5.41, 5.74) is 3.13. The van der Waals surface area contributed by atoms with Crippen molar-refractivity contribution in [2.45, 2.75) is 27.2 Å². The Morgan fingerprint density at radius 1 is 1.21 bits per heavy atom. The topological polar surface area (TPSA) is 37.8 Å². The number of hydrogen-bond donors (Lipinski definition) is 1. The van der Waals surface area contributed by atoms with Crippen molar-refractivity contribution in [3.05, 3.63) is 41.5 Å². The van der Waals surface area contributed by atoms with Gasteiger partial charge in [0.2, 0.25) is 0 Å². The number of aromatic nitrogens is 2. The van der Waals surface area contributed by atoms with Crippen molar-refractivity contribution >= 4 is 5.82 Å². The molecule has 1 N–H and O–H groups in total. The lowest BCUT2D eigenvalue weighted by Gasteiger charge is -2.11. The average molecular weight is 259 g/mol. The first kappa shape index (κ1) is 13.5. The Kier molecular flexibility index (Phi) is 4.10. The monoisotopic (exact) mass is 259 g/mol. The van der Waals surface area contributed by atoms with Crippen LogP contribution in [0.1, 0.15) is 24.5 Å². The summed E-state index contributed by atoms with van der Waals surface area (Å²) in [5.74, 6) is 0.603. The molecule has 1 heterocycles. The highest BCUT2D eigenvalue weighted by atomic mass is 19.1. The number of nitrogens with zero attached hydrogens (tertiary/aromatic N) is 2. The van der Waals surface area contributed by atoms with Crippen molar-refractivity contribution < 1.29 is 4.39 Å². The maximum atomic E-state index is 13.6. The minimum Gasteiger partial charge on any atom is -0.370 e. The molecule has 0 aliphatic carbocycles. The maximum Gasteiger partial charge on any atom is 0.132 e. The van der Waals surface area contributed by atoms with Crippen molar-refractivity contribution in [2.24, 2.45) is 0 Å². The molecule has 0 bridgehead atoms. The van der Waals surface area contributed by atoms with Gasteiger partial charge in [0, 0.05) is 17.7 Å². The second-order valence-electron chi connectivity index (χ2n) is 4.59. The summed E-state index contributed by atoms with van der Waals surface area (Å²) >= 11 is 0. The van der Waals surface area contributed by atoms with E-state index in [1.165, 1.54) is 12.4 Å². The lowest BCUT2D eigenvalue weighted by molar-refractivity contribution is 0.619. The molecule has 2 aromatic rings. The number of nitrogens with one attached hydrogen (secondary N) is 1. The molecule has 0 amide bonds. The zero-order chi connectivity index (χ0) is 13.8. The molecule has 1 aromatic heterocycles. The van der Waals surface area contributed by atoms with Gasteiger partial charge in [-0.25, -0.2) is 14.4 Å². The van der Waals surface area contributed by atoms with E-state index in [0.29, 0.717) is 5.56 Å². The molecule has 0 aliphatic heterocycles. The van der Waals surface area contributed by atoms with Gasteiger partial charge < -0.3 is 5.32 Å². The van der Waals surface area contributed by atoms with Crippen LogP contribution in [0.2, 0.25) is 0 Å². The normalized spacial score (nSPS) is 10.5. The summed E-state index contributed by atoms with van der Waals surface area (Å²) in [7, 11) is 0. The Bertz CT molecular complexity index is 582. The molecule has 0 atom stereocenters. The third-order valence-corrected chi connectivity index (χ3v) is 3.07. The first-order valence-electron chi connectivity index (χ1n) is 6.45. The second-order valence-corrected chi connectivity index (χ2v) is 4.59. The van der Waals surface area contributed by atoms with E-state index in [1.807, 2.05) is 13.0 Å². The SMILES string of the molecule is CCCNc1ncnc(-c2ccc(C)c(F)c2)c1C. The van der Waals surface area contributed by atoms with E-state index >= 15 is 0 Å². The summed E-state index contributed by atoms with van der Waals surface area (Å²) in [6.45, 7) is 6.66. The Hall–Kier alpha value is -1.97. The van der Waals surface area contributed by atoms with Crippen LogP contribution in [0.15, 0.2) is 24.5 Å². The van der Waals surface area contributed by atoms with Crippen LogP contribution in [0.3, 0.4) is 0 Å². The molecule has 4 heteroatoms. The molecular weight excluding hydrogens is 241 g/mol. The zero-order valence-electron chi connectivity index (χ0n) is 11.5. The Balaban J connectivity index is 2.41. The van der Waals surface area contributed by atoms with Crippen molar-refractivity contribution in [1.82, 2.24) is 9.97 Å². The van der Waals surface area contributed by atoms with Crippen LogP contribution < -0.4 is 5.32 Å². The van der Waals surface area contributed by atoms with Gasteiger partial charge in [0.15, 0.2) is 0 Å². The van der Waals surface area contributed by atoms with Crippen LogP contribution in [-0.2, 0) is 0 Å². The van der Waals surface area contributed by atoms with Crippen LogP contribution >= 0.6 is 0 Å². The first-order chi connectivity index (χ1) is 9.13. The molecular formula is C15H18FN3. The van der Waals surface area contributed by atoms with E-state index in [2.05, 4.69) is 22.2 Å². The quantitative estimate of drug-likeness (QED) is 0.909. The van der Waals surface area contributed by atoms with Gasteiger partial charge in [-0.3, -0.25) is 0 Å². The van der Waals surface area contributed by atoms with Crippen LogP contribution in [-0.4, -0.2) is 16.5 Å². The van der Waals surface area contributed by atoms with E-state index in [1.54, 1.807) is 13.0 Å². The van der Waals surface area contributed by atoms with Gasteiger partial charge in [-0.15, -0.1) is 0 Å². The highest BCUT2D eigenvalue weighted by Crippen LogP contribution is 2.26. The highest BCUT2D eigenvalue weighted by molar-refractivity contribution is 5.68. The van der Waals surface area contributed by atoms with E-state index in [9.17, 15) is 4.39 Å². The predicted molar refractivity (Wildman–Crippen MR) is 75.7 cm³/mol. The number of aryl methyl sites for hydroxylation is 1. The molecule has 1 aromatic carbocycles. The number of rotatable bonds is 4. The van der Waals surface area contributed by atoms with Gasteiger partial charge in [0.1, 0.15) is 18.0 Å². The molecule has 0 spiro atoms. The lowest BCUT2D eigenvalue weighted by Crippen LogP contribution is -2.05. The molecule has 0 saturated heterocycles. The zero-order valence-corrected chi connectivity index (χ0v) is 11.5. The predicted octanol–water partition coefficient (Wildman–Crippen LogP) is 3.72. The second kappa shape index (κ2) is 5.78. The molecule has 0 saturated carbocycles. The largest absolute Gasteiger partial charge is 0.370 e. The van der Waals surface area contributed by atoms with Gasteiger partial charge in [-0.2, -0.15) is 0 Å². The van der Waals surface area contributed by atoms with Gasteiger partial charge in [0.25, 0.3) is 0 Å². The minimum atomic E-state index is -0.210. The number of hydrogen-bond acceptors (Lipinski definition) is 3. The van der Waals surface area contributed by atoms with Gasteiger partial charge in [0.05, 0.1) is 5.69 Å². The van der Waals surface area contributed by atoms with Gasteiger partial charge >= 0.3 is 0 Å². The van der Waals surface area contributed by atoms with Crippen LogP contribution in [0.5, 0.6) is 0 Å². The van der Waals surface area contributed by atoms with Crippen molar-refractivity contribution in [3.63, 3.8) is 0 Å². The molecule has 2 rings (SSSR count). The van der Waals surface area contributed by atoms with Crippen molar-refractivity contribution in [1.29, 1.82) is 0 Å². The molecule has 19 heavy (non-hydrogen) atoms. The van der Waals surface area contributed by atoms with E-state index in [0.717, 1.165) is 35.6 Å². The standard InChI is InChI=1S/C15H18FN3/c1-4-7-17-15-11(3)14(18-9-19-15)12-6-5-10(2)13(16)8-12/h5-6,8-9H,4,7H2,1-3H3,(H,17,18,19). The first-order valence-corrected chi connectivity index (χ1v) is 6.45. The maximum absolute atomic E-state index is 13.6. The molecule has 0 radical (unpaired) electrons. The smallest absolute Gasteiger partial charge is 0.132 e. The molecule has 0 aliphatic rings. The fourth-order valence-corrected chi connectivity index (χ4v) is 1.90. The summed E-state index contributed by atoms with van der Waals surface area (Å²) in [6.07, 6.45) is 2.54. The Morgan fingerprint density at radius 3 is 2.68 bits per heavy atom. The van der Waals surface area contributed by atoms with Gasteiger partial charge in [-0.1, -0.05) is 19.1 Å². The fourth-order valence-electron chi connectivity index (χ4n) is 1.90. The van der Waals surface area contributed by atoms with Crippen LogP contribution in [0.4, 0.5) is 10.2 Å². The molecule has 0 fully saturated rings. The lowest BCUT2D eigenvalue weighted by atomic mass is 10.1.